The van der Waals surface area contributed by atoms with Gasteiger partial charge >= 0.3 is 0 Å². The van der Waals surface area contributed by atoms with Gasteiger partial charge in [-0.1, -0.05) is 63.9 Å². The molecule has 3 fully saturated rings. The predicted molar refractivity (Wildman–Crippen MR) is 136 cm³/mol. The van der Waals surface area contributed by atoms with Gasteiger partial charge < -0.3 is 25.4 Å². The number of ether oxygens (including phenoxy) is 1. The lowest BCUT2D eigenvalue weighted by Crippen LogP contribution is -2.59. The number of benzene rings is 1. The standard InChI is InChI=1S/C28H41N3O5/c1-5-6-10-15-29-25(34)23-28-14-13-27(4,36-28)21(24(33)30-16-19-11-8-7-9-12-19)22(28)26(35)31(23)20(17-32)18(2)3/h7-9,11-12,18,20-23,32H,5-6,10,13-17H2,1-4H3,(H,29,34)(H,30,33)/t20-,21+,22-,23?,27-,28?/m0/s1. The molecule has 8 nitrogen and oxygen atoms in total. The summed E-state index contributed by atoms with van der Waals surface area (Å²) >= 11 is 0. The van der Waals surface area contributed by atoms with E-state index in [9.17, 15) is 19.5 Å². The van der Waals surface area contributed by atoms with Gasteiger partial charge in [0.1, 0.15) is 11.6 Å². The number of amides is 3. The maximum atomic E-state index is 14.1. The number of carbonyl (C=O) groups excluding carboxylic acids is 3. The normalized spacial score (nSPS) is 31.6. The number of hydrogen-bond donors (Lipinski definition) is 3. The molecule has 0 aromatic heterocycles. The smallest absolute Gasteiger partial charge is 0.245 e. The second-order valence-electron chi connectivity index (χ2n) is 11.2. The quantitative estimate of drug-likeness (QED) is 0.405. The molecule has 0 radical (unpaired) electrons. The largest absolute Gasteiger partial charge is 0.394 e. The first kappa shape index (κ1) is 26.6. The Labute approximate surface area is 214 Å². The first-order valence-corrected chi connectivity index (χ1v) is 13.4. The highest BCUT2D eigenvalue weighted by Gasteiger charge is 2.78. The van der Waals surface area contributed by atoms with E-state index in [0.717, 1.165) is 24.8 Å². The number of nitrogens with zero attached hydrogens (tertiary/aromatic N) is 1. The molecule has 0 saturated carbocycles. The van der Waals surface area contributed by atoms with Gasteiger partial charge in [-0.2, -0.15) is 0 Å². The van der Waals surface area contributed by atoms with Crippen molar-refractivity contribution in [3.63, 3.8) is 0 Å². The Morgan fingerprint density at radius 2 is 1.86 bits per heavy atom. The third-order valence-electron chi connectivity index (χ3n) is 8.45. The van der Waals surface area contributed by atoms with Crippen LogP contribution >= 0.6 is 0 Å². The molecule has 3 saturated heterocycles. The molecule has 3 aliphatic heterocycles. The minimum Gasteiger partial charge on any atom is -0.394 e. The minimum atomic E-state index is -1.07. The van der Waals surface area contributed by atoms with Crippen molar-refractivity contribution < 1.29 is 24.2 Å². The SMILES string of the molecule is CCCCCNC(=O)C1N([C@@H](CO)C(C)C)C(=O)[C@@H]2[C@H](C(=O)NCc3ccccc3)[C@]3(C)CCC12O3. The lowest BCUT2D eigenvalue weighted by atomic mass is 9.66. The molecule has 6 atom stereocenters. The first-order valence-electron chi connectivity index (χ1n) is 13.4. The Morgan fingerprint density at radius 3 is 2.50 bits per heavy atom. The molecule has 1 spiro atoms. The van der Waals surface area contributed by atoms with Crippen LogP contribution in [0.4, 0.5) is 0 Å². The van der Waals surface area contributed by atoms with Crippen LogP contribution in [0.5, 0.6) is 0 Å². The van der Waals surface area contributed by atoms with Gasteiger partial charge in [0.25, 0.3) is 0 Å². The van der Waals surface area contributed by atoms with Gasteiger partial charge in [0.15, 0.2) is 0 Å². The Hall–Kier alpha value is -2.45. The van der Waals surface area contributed by atoms with Crippen LogP contribution in [0.15, 0.2) is 30.3 Å². The Bertz CT molecular complexity index is 969. The summed E-state index contributed by atoms with van der Waals surface area (Å²) in [5.41, 5.74) is -0.920. The molecule has 3 amide bonds. The van der Waals surface area contributed by atoms with Crippen LogP contribution in [0.1, 0.15) is 65.4 Å². The third kappa shape index (κ3) is 4.43. The van der Waals surface area contributed by atoms with E-state index in [1.54, 1.807) is 4.90 Å². The highest BCUT2D eigenvalue weighted by molar-refractivity contribution is 5.99. The van der Waals surface area contributed by atoms with Gasteiger partial charge in [-0.3, -0.25) is 14.4 Å². The number of likely N-dealkylation sites (tertiary alicyclic amines) is 1. The van der Waals surface area contributed by atoms with Crippen molar-refractivity contribution in [2.45, 2.75) is 89.6 Å². The van der Waals surface area contributed by atoms with Crippen molar-refractivity contribution in [2.24, 2.45) is 17.8 Å². The van der Waals surface area contributed by atoms with E-state index in [4.69, 9.17) is 4.74 Å². The van der Waals surface area contributed by atoms with Crippen molar-refractivity contribution in [1.29, 1.82) is 0 Å². The molecule has 3 heterocycles. The molecule has 2 bridgehead atoms. The van der Waals surface area contributed by atoms with Crippen LogP contribution in [0.2, 0.25) is 0 Å². The fourth-order valence-corrected chi connectivity index (χ4v) is 6.62. The van der Waals surface area contributed by atoms with E-state index in [1.165, 1.54) is 0 Å². The van der Waals surface area contributed by atoms with Crippen LogP contribution in [0.25, 0.3) is 0 Å². The van der Waals surface area contributed by atoms with E-state index in [0.29, 0.717) is 25.9 Å². The average molecular weight is 500 g/mol. The third-order valence-corrected chi connectivity index (χ3v) is 8.45. The molecule has 1 aromatic rings. The zero-order valence-corrected chi connectivity index (χ0v) is 22.0. The van der Waals surface area contributed by atoms with E-state index in [2.05, 4.69) is 17.6 Å². The number of hydrogen-bond acceptors (Lipinski definition) is 5. The molecular formula is C28H41N3O5. The fourth-order valence-electron chi connectivity index (χ4n) is 6.62. The van der Waals surface area contributed by atoms with Crippen LogP contribution in [0.3, 0.4) is 0 Å². The fraction of sp³-hybridized carbons (Fsp3) is 0.679. The summed E-state index contributed by atoms with van der Waals surface area (Å²) in [6.45, 7) is 8.48. The summed E-state index contributed by atoms with van der Waals surface area (Å²) in [5, 5.41) is 16.3. The van der Waals surface area contributed by atoms with Crippen molar-refractivity contribution in [3.05, 3.63) is 35.9 Å². The summed E-state index contributed by atoms with van der Waals surface area (Å²) < 4.78 is 6.63. The number of fused-ring (bicyclic) bond motifs is 1. The number of aliphatic hydroxyl groups excluding tert-OH is 1. The molecule has 198 valence electrons. The van der Waals surface area contributed by atoms with Crippen molar-refractivity contribution in [2.75, 3.05) is 13.2 Å². The maximum absolute atomic E-state index is 14.1. The van der Waals surface area contributed by atoms with Gasteiger partial charge in [0.05, 0.1) is 30.1 Å². The Balaban J connectivity index is 1.65. The second-order valence-corrected chi connectivity index (χ2v) is 11.2. The molecular weight excluding hydrogens is 458 g/mol. The Kier molecular flexibility index (Phi) is 7.76. The highest BCUT2D eigenvalue weighted by atomic mass is 16.5. The zero-order valence-electron chi connectivity index (χ0n) is 22.0. The second kappa shape index (κ2) is 10.5. The zero-order chi connectivity index (χ0) is 26.1. The van der Waals surface area contributed by atoms with Crippen molar-refractivity contribution in [3.8, 4) is 0 Å². The van der Waals surface area contributed by atoms with Gasteiger partial charge in [0, 0.05) is 13.1 Å². The summed E-state index contributed by atoms with van der Waals surface area (Å²) in [5.74, 6) is -2.27. The molecule has 4 rings (SSSR count). The number of carbonyl (C=O) groups is 3. The van der Waals surface area contributed by atoms with Crippen LogP contribution < -0.4 is 10.6 Å². The molecule has 2 unspecified atom stereocenters. The van der Waals surface area contributed by atoms with Gasteiger partial charge in [-0.05, 0) is 37.7 Å². The lowest BCUT2D eigenvalue weighted by molar-refractivity contribution is -0.150. The van der Waals surface area contributed by atoms with E-state index >= 15 is 0 Å². The predicted octanol–water partition coefficient (Wildman–Crippen LogP) is 2.39. The summed E-state index contributed by atoms with van der Waals surface area (Å²) in [4.78, 5) is 42.9. The Morgan fingerprint density at radius 1 is 1.14 bits per heavy atom. The van der Waals surface area contributed by atoms with Gasteiger partial charge in [-0.25, -0.2) is 0 Å². The molecule has 0 aliphatic carbocycles. The topological polar surface area (TPSA) is 108 Å². The van der Waals surface area contributed by atoms with Crippen LogP contribution in [-0.2, 0) is 25.7 Å². The van der Waals surface area contributed by atoms with E-state index in [-0.39, 0.29) is 30.2 Å². The number of rotatable bonds is 11. The van der Waals surface area contributed by atoms with Crippen molar-refractivity contribution in [1.82, 2.24) is 15.5 Å². The summed E-state index contributed by atoms with van der Waals surface area (Å²) in [7, 11) is 0. The summed E-state index contributed by atoms with van der Waals surface area (Å²) in [6.07, 6.45) is 4.03. The molecule has 3 N–H and O–H groups in total. The van der Waals surface area contributed by atoms with Crippen molar-refractivity contribution >= 4 is 17.7 Å². The molecule has 3 aliphatic rings. The number of nitrogens with one attached hydrogen (secondary N) is 2. The average Bonchev–Trinajstić information content (AvgIpc) is 3.42. The summed E-state index contributed by atoms with van der Waals surface area (Å²) in [6, 6.07) is 8.24. The van der Waals surface area contributed by atoms with E-state index in [1.807, 2.05) is 51.1 Å². The van der Waals surface area contributed by atoms with Gasteiger partial charge in [0.2, 0.25) is 17.7 Å². The maximum Gasteiger partial charge on any atom is 0.245 e. The molecule has 36 heavy (non-hydrogen) atoms. The monoisotopic (exact) mass is 499 g/mol. The van der Waals surface area contributed by atoms with Crippen LogP contribution in [0, 0.1) is 17.8 Å². The van der Waals surface area contributed by atoms with Gasteiger partial charge in [-0.15, -0.1) is 0 Å². The molecule has 1 aromatic carbocycles. The van der Waals surface area contributed by atoms with Crippen LogP contribution in [-0.4, -0.2) is 64.2 Å². The number of aliphatic hydroxyl groups is 1. The highest BCUT2D eigenvalue weighted by Crippen LogP contribution is 2.63. The lowest BCUT2D eigenvalue weighted by Gasteiger charge is -2.38. The minimum absolute atomic E-state index is 0.0669. The van der Waals surface area contributed by atoms with E-state index < -0.39 is 35.1 Å². The number of unbranched alkanes of at least 4 members (excludes halogenated alkanes) is 2. The first-order chi connectivity index (χ1) is 17.2. The molecule has 8 heteroatoms.